The number of likely N-dealkylation sites (tertiary alicyclic amines) is 1. The van der Waals surface area contributed by atoms with Crippen LogP contribution in [-0.4, -0.2) is 30.3 Å². The van der Waals surface area contributed by atoms with Crippen LogP contribution in [0.2, 0.25) is 0 Å². The van der Waals surface area contributed by atoms with E-state index in [9.17, 15) is 0 Å². The van der Waals surface area contributed by atoms with Gasteiger partial charge in [-0.15, -0.1) is 0 Å². The predicted octanol–water partition coefficient (Wildman–Crippen LogP) is 5.16. The van der Waals surface area contributed by atoms with Crippen LogP contribution in [0.25, 0.3) is 0 Å². The Morgan fingerprint density at radius 3 is 2.16 bits per heavy atom. The van der Waals surface area contributed by atoms with E-state index in [1.54, 1.807) is 0 Å². The molecule has 1 heterocycles. The van der Waals surface area contributed by atoms with Gasteiger partial charge in [-0.3, -0.25) is 0 Å². The van der Waals surface area contributed by atoms with Crippen molar-refractivity contribution < 1.29 is 0 Å². The van der Waals surface area contributed by atoms with Crippen molar-refractivity contribution in [2.24, 2.45) is 5.41 Å². The average molecular weight is 286 g/mol. The van der Waals surface area contributed by atoms with Gasteiger partial charge in [0.15, 0.2) is 0 Å². The second-order valence-electron chi connectivity index (χ2n) is 7.06. The highest BCUT2D eigenvalue weighted by atomic mass is 32.1. The van der Waals surface area contributed by atoms with Crippen molar-refractivity contribution >= 4 is 12.6 Å². The van der Waals surface area contributed by atoms with E-state index in [4.69, 9.17) is 0 Å². The lowest BCUT2D eigenvalue weighted by atomic mass is 9.85. The monoisotopic (exact) mass is 285 g/mol. The maximum atomic E-state index is 4.25. The van der Waals surface area contributed by atoms with Crippen LogP contribution >= 0.6 is 12.6 Å². The Labute approximate surface area is 126 Å². The third-order valence-corrected chi connectivity index (χ3v) is 4.88. The molecule has 0 unspecified atom stereocenters. The van der Waals surface area contributed by atoms with Crippen molar-refractivity contribution in [3.05, 3.63) is 0 Å². The van der Waals surface area contributed by atoms with Crippen LogP contribution < -0.4 is 0 Å². The lowest BCUT2D eigenvalue weighted by molar-refractivity contribution is 0.257. The first-order chi connectivity index (χ1) is 9.14. The maximum absolute atomic E-state index is 4.25. The zero-order chi connectivity index (χ0) is 14.0. The molecule has 1 fully saturated rings. The van der Waals surface area contributed by atoms with Crippen molar-refractivity contribution in [1.82, 2.24) is 4.90 Å². The van der Waals surface area contributed by atoms with E-state index in [0.29, 0.717) is 5.41 Å². The van der Waals surface area contributed by atoms with E-state index in [2.05, 4.69) is 31.4 Å². The number of thiol groups is 1. The van der Waals surface area contributed by atoms with E-state index in [-0.39, 0.29) is 0 Å². The van der Waals surface area contributed by atoms with Gasteiger partial charge in [0.25, 0.3) is 0 Å². The third kappa shape index (κ3) is 8.96. The first-order valence-electron chi connectivity index (χ1n) is 8.47. The van der Waals surface area contributed by atoms with Gasteiger partial charge >= 0.3 is 0 Å². The van der Waals surface area contributed by atoms with Gasteiger partial charge in [0.2, 0.25) is 0 Å². The van der Waals surface area contributed by atoms with Gasteiger partial charge in [-0.25, -0.2) is 0 Å². The van der Waals surface area contributed by atoms with Crippen molar-refractivity contribution in [3.8, 4) is 0 Å². The second kappa shape index (κ2) is 10.1. The molecule has 0 atom stereocenters. The zero-order valence-electron chi connectivity index (χ0n) is 13.3. The van der Waals surface area contributed by atoms with Gasteiger partial charge in [-0.2, -0.15) is 12.6 Å². The predicted molar refractivity (Wildman–Crippen MR) is 90.2 cm³/mol. The van der Waals surface area contributed by atoms with Crippen LogP contribution in [0.4, 0.5) is 0 Å². The highest BCUT2D eigenvalue weighted by Crippen LogP contribution is 2.29. The minimum atomic E-state index is 0.585. The molecule has 0 radical (unpaired) electrons. The molecule has 114 valence electrons. The summed E-state index contributed by atoms with van der Waals surface area (Å²) in [6.07, 6.45) is 14.0. The normalized spacial score (nSPS) is 20.4. The van der Waals surface area contributed by atoms with E-state index >= 15 is 0 Å². The largest absolute Gasteiger partial charge is 0.303 e. The lowest BCUT2D eigenvalue weighted by Crippen LogP contribution is -2.26. The number of hydrogen-bond acceptors (Lipinski definition) is 2. The van der Waals surface area contributed by atoms with Gasteiger partial charge in [0.05, 0.1) is 0 Å². The molecule has 1 nitrogen and oxygen atoms in total. The fourth-order valence-electron chi connectivity index (χ4n) is 3.03. The highest BCUT2D eigenvalue weighted by Gasteiger charge is 2.22. The van der Waals surface area contributed by atoms with Crippen molar-refractivity contribution in [1.29, 1.82) is 0 Å². The third-order valence-electron chi connectivity index (χ3n) is 4.57. The lowest BCUT2D eigenvalue weighted by Gasteiger charge is -2.23. The molecule has 1 saturated heterocycles. The molecule has 19 heavy (non-hydrogen) atoms. The number of unbranched alkanes of at least 4 members (excludes halogenated alkanes) is 6. The Bertz CT molecular complexity index is 215. The smallest absolute Gasteiger partial charge is 0.00136 e. The molecule has 0 spiro atoms. The summed E-state index contributed by atoms with van der Waals surface area (Å²) in [6.45, 7) is 8.87. The molecule has 1 aliphatic heterocycles. The Kier molecular flexibility index (Phi) is 9.23. The molecule has 2 heteroatoms. The molecular formula is C17H35NS. The van der Waals surface area contributed by atoms with Gasteiger partial charge < -0.3 is 4.90 Å². The SMILES string of the molecule is CC1(C)CCCN(CCCCCCCCCS)CC1. The van der Waals surface area contributed by atoms with E-state index in [1.807, 2.05) is 0 Å². The first kappa shape index (κ1) is 17.4. The van der Waals surface area contributed by atoms with Crippen LogP contribution in [0.5, 0.6) is 0 Å². The molecule has 0 aromatic carbocycles. The Morgan fingerprint density at radius 1 is 0.842 bits per heavy atom. The van der Waals surface area contributed by atoms with Gasteiger partial charge in [-0.05, 0) is 62.9 Å². The van der Waals surface area contributed by atoms with Crippen LogP contribution in [0.15, 0.2) is 0 Å². The summed E-state index contributed by atoms with van der Waals surface area (Å²) in [5.41, 5.74) is 0.585. The molecule has 1 aliphatic rings. The summed E-state index contributed by atoms with van der Waals surface area (Å²) in [4.78, 5) is 2.70. The van der Waals surface area contributed by atoms with Gasteiger partial charge in [0, 0.05) is 0 Å². The van der Waals surface area contributed by atoms with Crippen molar-refractivity contribution in [3.63, 3.8) is 0 Å². The molecule has 0 saturated carbocycles. The Hall–Kier alpha value is 0.310. The Balaban J connectivity index is 1.94. The molecule has 0 N–H and O–H groups in total. The van der Waals surface area contributed by atoms with Gasteiger partial charge in [-0.1, -0.05) is 46.0 Å². The van der Waals surface area contributed by atoms with Crippen molar-refractivity contribution in [2.75, 3.05) is 25.4 Å². The molecule has 0 aromatic rings. The molecule has 0 aromatic heterocycles. The molecule has 0 amide bonds. The quantitative estimate of drug-likeness (QED) is 0.452. The number of rotatable bonds is 9. The molecule has 0 aliphatic carbocycles. The van der Waals surface area contributed by atoms with E-state index in [0.717, 1.165) is 5.75 Å². The van der Waals surface area contributed by atoms with Crippen LogP contribution in [0.3, 0.4) is 0 Å². The van der Waals surface area contributed by atoms with Gasteiger partial charge in [0.1, 0.15) is 0 Å². The summed E-state index contributed by atoms with van der Waals surface area (Å²) in [5.74, 6) is 1.06. The summed E-state index contributed by atoms with van der Waals surface area (Å²) >= 11 is 4.25. The van der Waals surface area contributed by atoms with Crippen LogP contribution in [0.1, 0.15) is 78.1 Å². The number of hydrogen-bond donors (Lipinski definition) is 1. The van der Waals surface area contributed by atoms with E-state index < -0.39 is 0 Å². The highest BCUT2D eigenvalue weighted by molar-refractivity contribution is 7.80. The van der Waals surface area contributed by atoms with Crippen molar-refractivity contribution in [2.45, 2.75) is 78.1 Å². The molecule has 1 rings (SSSR count). The first-order valence-corrected chi connectivity index (χ1v) is 9.10. The minimum Gasteiger partial charge on any atom is -0.303 e. The summed E-state index contributed by atoms with van der Waals surface area (Å²) in [7, 11) is 0. The minimum absolute atomic E-state index is 0.585. The average Bonchev–Trinajstić information content (AvgIpc) is 2.54. The summed E-state index contributed by atoms with van der Waals surface area (Å²) < 4.78 is 0. The fraction of sp³-hybridized carbons (Fsp3) is 1.00. The Morgan fingerprint density at radius 2 is 1.47 bits per heavy atom. The van der Waals surface area contributed by atoms with E-state index in [1.165, 1.54) is 83.8 Å². The maximum Gasteiger partial charge on any atom is -0.00136 e. The fourth-order valence-corrected chi connectivity index (χ4v) is 3.26. The summed E-state index contributed by atoms with van der Waals surface area (Å²) in [5, 5.41) is 0. The summed E-state index contributed by atoms with van der Waals surface area (Å²) in [6, 6.07) is 0. The van der Waals surface area contributed by atoms with Crippen LogP contribution in [-0.2, 0) is 0 Å². The number of nitrogens with zero attached hydrogens (tertiary/aromatic N) is 1. The molecular weight excluding hydrogens is 250 g/mol. The topological polar surface area (TPSA) is 3.24 Å². The standard InChI is InChI=1S/C17H35NS/c1-17(2)11-10-14-18(15-12-17)13-8-6-4-3-5-7-9-16-19/h19H,3-16H2,1-2H3. The molecule has 0 bridgehead atoms. The van der Waals surface area contributed by atoms with Crippen LogP contribution in [0, 0.1) is 5.41 Å². The zero-order valence-corrected chi connectivity index (χ0v) is 14.2. The second-order valence-corrected chi connectivity index (χ2v) is 7.51.